The highest BCUT2D eigenvalue weighted by atomic mass is 79.9. The van der Waals surface area contributed by atoms with Gasteiger partial charge < -0.3 is 15.0 Å². The summed E-state index contributed by atoms with van der Waals surface area (Å²) in [4.78, 5) is 2.66. The van der Waals surface area contributed by atoms with Crippen LogP contribution in [0.5, 0.6) is 0 Å². The number of nitrogens with one attached hydrogen (secondary N) is 1. The fourth-order valence-electron chi connectivity index (χ4n) is 2.80. The van der Waals surface area contributed by atoms with E-state index in [0.29, 0.717) is 11.4 Å². The van der Waals surface area contributed by atoms with E-state index in [9.17, 15) is 8.42 Å². The molecule has 3 rings (SSSR count). The first-order chi connectivity index (χ1) is 11.9. The molecule has 134 valence electrons. The van der Waals surface area contributed by atoms with E-state index in [1.165, 1.54) is 17.5 Å². The van der Waals surface area contributed by atoms with E-state index < -0.39 is 9.84 Å². The minimum atomic E-state index is -3.16. The molecule has 0 atom stereocenters. The minimum Gasteiger partial charge on any atom is -0.381 e. The van der Waals surface area contributed by atoms with Gasteiger partial charge in [0.2, 0.25) is 0 Å². The van der Waals surface area contributed by atoms with Crippen molar-refractivity contribution < 1.29 is 13.2 Å². The number of hydrogen-bond acceptors (Lipinski definition) is 5. The maximum Gasteiger partial charge on any atom is 0.175 e. The van der Waals surface area contributed by atoms with Crippen LogP contribution < -0.4 is 10.2 Å². The highest BCUT2D eigenvalue weighted by Gasteiger charge is 2.15. The fraction of sp³-hybridized carbons (Fsp3) is 0.333. The molecule has 0 radical (unpaired) electrons. The van der Waals surface area contributed by atoms with Crippen molar-refractivity contribution in [1.82, 2.24) is 0 Å². The molecule has 5 nitrogen and oxygen atoms in total. The quantitative estimate of drug-likeness (QED) is 0.797. The predicted molar refractivity (Wildman–Crippen MR) is 104 cm³/mol. The van der Waals surface area contributed by atoms with Crippen molar-refractivity contribution in [2.75, 3.05) is 42.8 Å². The summed E-state index contributed by atoms with van der Waals surface area (Å²) in [5.74, 6) is 0. The van der Waals surface area contributed by atoms with Crippen LogP contribution >= 0.6 is 15.9 Å². The van der Waals surface area contributed by atoms with E-state index in [0.717, 1.165) is 36.5 Å². The van der Waals surface area contributed by atoms with Crippen molar-refractivity contribution in [1.29, 1.82) is 0 Å². The Labute approximate surface area is 157 Å². The minimum absolute atomic E-state index is 0.329. The lowest BCUT2D eigenvalue weighted by Crippen LogP contribution is -2.36. The van der Waals surface area contributed by atoms with Gasteiger partial charge in [-0.15, -0.1) is 0 Å². The Balaban J connectivity index is 1.74. The number of hydrogen-bond donors (Lipinski definition) is 1. The van der Waals surface area contributed by atoms with Gasteiger partial charge >= 0.3 is 0 Å². The third kappa shape index (κ3) is 4.74. The van der Waals surface area contributed by atoms with Gasteiger partial charge in [-0.1, -0.05) is 22.0 Å². The Bertz CT molecular complexity index is 832. The average Bonchev–Trinajstić information content (AvgIpc) is 2.61. The van der Waals surface area contributed by atoms with E-state index in [-0.39, 0.29) is 0 Å². The van der Waals surface area contributed by atoms with Gasteiger partial charge in [0.15, 0.2) is 9.84 Å². The number of anilines is 2. The lowest BCUT2D eigenvalue weighted by atomic mass is 10.1. The van der Waals surface area contributed by atoms with Crippen LogP contribution in [-0.4, -0.2) is 41.0 Å². The lowest BCUT2D eigenvalue weighted by Gasteiger charge is -2.31. The summed E-state index contributed by atoms with van der Waals surface area (Å²) in [6, 6.07) is 13.1. The van der Waals surface area contributed by atoms with Crippen LogP contribution in [-0.2, 0) is 21.1 Å². The van der Waals surface area contributed by atoms with Crippen molar-refractivity contribution in [3.63, 3.8) is 0 Å². The number of ether oxygens (including phenoxy) is 1. The van der Waals surface area contributed by atoms with Gasteiger partial charge in [0.1, 0.15) is 0 Å². The molecule has 0 aliphatic carbocycles. The molecule has 1 N–H and O–H groups in total. The summed E-state index contributed by atoms with van der Waals surface area (Å²) in [7, 11) is -3.16. The molecule has 0 spiro atoms. The number of nitrogens with zero attached hydrogens (tertiary/aromatic N) is 1. The molecule has 0 aromatic heterocycles. The summed E-state index contributed by atoms with van der Waals surface area (Å²) < 4.78 is 29.6. The number of rotatable bonds is 5. The Morgan fingerprint density at radius 3 is 2.44 bits per heavy atom. The van der Waals surface area contributed by atoms with Gasteiger partial charge in [-0.25, -0.2) is 8.42 Å². The SMILES string of the molecule is CS(=O)(=O)c1ccc(NCc2ccc(Br)cc2N2CCOCC2)cc1. The molecule has 0 saturated carbocycles. The second-order valence-corrected chi connectivity index (χ2v) is 8.95. The van der Waals surface area contributed by atoms with E-state index in [1.54, 1.807) is 24.3 Å². The topological polar surface area (TPSA) is 58.6 Å². The third-order valence-corrected chi connectivity index (χ3v) is 5.79. The molecule has 7 heteroatoms. The zero-order valence-corrected chi connectivity index (χ0v) is 16.4. The van der Waals surface area contributed by atoms with Gasteiger partial charge in [-0.2, -0.15) is 0 Å². The van der Waals surface area contributed by atoms with Gasteiger partial charge in [0, 0.05) is 41.7 Å². The molecular weight excluding hydrogens is 404 g/mol. The zero-order chi connectivity index (χ0) is 17.9. The van der Waals surface area contributed by atoms with E-state index in [2.05, 4.69) is 38.3 Å². The molecule has 2 aromatic rings. The molecule has 1 aliphatic rings. The van der Waals surface area contributed by atoms with Crippen LogP contribution in [0.15, 0.2) is 51.8 Å². The van der Waals surface area contributed by atoms with Crippen molar-refractivity contribution >= 4 is 37.1 Å². The zero-order valence-electron chi connectivity index (χ0n) is 14.0. The van der Waals surface area contributed by atoms with E-state index in [1.807, 2.05) is 6.07 Å². The number of halogens is 1. The second-order valence-electron chi connectivity index (χ2n) is 6.02. The maximum absolute atomic E-state index is 11.5. The van der Waals surface area contributed by atoms with E-state index >= 15 is 0 Å². The largest absolute Gasteiger partial charge is 0.381 e. The molecule has 1 aliphatic heterocycles. The molecule has 25 heavy (non-hydrogen) atoms. The smallest absolute Gasteiger partial charge is 0.175 e. The van der Waals surface area contributed by atoms with Gasteiger partial charge in [-0.05, 0) is 42.0 Å². The normalized spacial score (nSPS) is 15.2. The molecule has 0 bridgehead atoms. The summed E-state index contributed by atoms with van der Waals surface area (Å²) in [6.07, 6.45) is 1.21. The van der Waals surface area contributed by atoms with Crippen LogP contribution in [0.25, 0.3) is 0 Å². The molecule has 0 unspecified atom stereocenters. The Morgan fingerprint density at radius 1 is 1.12 bits per heavy atom. The first kappa shape index (κ1) is 18.2. The van der Waals surface area contributed by atoms with Crippen molar-refractivity contribution in [2.24, 2.45) is 0 Å². The highest BCUT2D eigenvalue weighted by Crippen LogP contribution is 2.27. The van der Waals surface area contributed by atoms with Gasteiger partial charge in [0.05, 0.1) is 18.1 Å². The van der Waals surface area contributed by atoms with Crippen LogP contribution in [0.3, 0.4) is 0 Å². The average molecular weight is 425 g/mol. The standard InChI is InChI=1S/C18H21BrN2O3S/c1-25(22,23)17-6-4-16(5-7-17)20-13-14-2-3-15(19)12-18(14)21-8-10-24-11-9-21/h2-7,12,20H,8-11,13H2,1H3. The van der Waals surface area contributed by atoms with Gasteiger partial charge in [0.25, 0.3) is 0 Å². The van der Waals surface area contributed by atoms with Crippen LogP contribution in [0.4, 0.5) is 11.4 Å². The second kappa shape index (κ2) is 7.76. The third-order valence-electron chi connectivity index (χ3n) is 4.16. The van der Waals surface area contributed by atoms with Crippen molar-refractivity contribution in [3.8, 4) is 0 Å². The van der Waals surface area contributed by atoms with E-state index in [4.69, 9.17) is 4.74 Å². The molecule has 0 amide bonds. The molecule has 1 saturated heterocycles. The summed E-state index contributed by atoms with van der Waals surface area (Å²) in [6.45, 7) is 3.91. The number of morpholine rings is 1. The molecule has 2 aromatic carbocycles. The fourth-order valence-corrected chi connectivity index (χ4v) is 3.78. The Kier molecular flexibility index (Phi) is 5.66. The first-order valence-electron chi connectivity index (χ1n) is 8.08. The predicted octanol–water partition coefficient (Wildman–Crippen LogP) is 3.30. The van der Waals surface area contributed by atoms with Crippen LogP contribution in [0.2, 0.25) is 0 Å². The number of benzene rings is 2. The van der Waals surface area contributed by atoms with Crippen molar-refractivity contribution in [2.45, 2.75) is 11.4 Å². The van der Waals surface area contributed by atoms with Crippen LogP contribution in [0, 0.1) is 0 Å². The summed E-state index contributed by atoms with van der Waals surface area (Å²) in [5.41, 5.74) is 3.28. The molecular formula is C18H21BrN2O3S. The molecule has 1 fully saturated rings. The Morgan fingerprint density at radius 2 is 1.80 bits per heavy atom. The molecule has 1 heterocycles. The Hall–Kier alpha value is -1.57. The maximum atomic E-state index is 11.5. The highest BCUT2D eigenvalue weighted by molar-refractivity contribution is 9.10. The first-order valence-corrected chi connectivity index (χ1v) is 10.8. The van der Waals surface area contributed by atoms with Gasteiger partial charge in [-0.3, -0.25) is 0 Å². The lowest BCUT2D eigenvalue weighted by molar-refractivity contribution is 0.122. The summed E-state index contributed by atoms with van der Waals surface area (Å²) in [5, 5.41) is 3.37. The monoisotopic (exact) mass is 424 g/mol. The van der Waals surface area contributed by atoms with Crippen molar-refractivity contribution in [3.05, 3.63) is 52.5 Å². The van der Waals surface area contributed by atoms with Crippen LogP contribution in [0.1, 0.15) is 5.56 Å². The number of sulfone groups is 1. The summed E-state index contributed by atoms with van der Waals surface area (Å²) >= 11 is 3.55.